The van der Waals surface area contributed by atoms with E-state index in [1.807, 2.05) is 27.7 Å². The topological polar surface area (TPSA) is 9.86 Å². The van der Waals surface area contributed by atoms with E-state index < -0.39 is 265 Å². The molecule has 0 bridgehead atoms. The first-order chi connectivity index (χ1) is 40.8. The lowest BCUT2D eigenvalue weighted by Crippen LogP contribution is -2.75. The van der Waals surface area contributed by atoms with Crippen LogP contribution in [0.4, 0.5) is 0 Å². The van der Waals surface area contributed by atoms with Gasteiger partial charge >= 0.3 is 0 Å². The Morgan fingerprint density at radius 1 is 0.441 bits per heavy atom. The third-order valence-corrected chi connectivity index (χ3v) is 15.9. The van der Waals surface area contributed by atoms with Crippen LogP contribution >= 0.6 is 0 Å². The molecule has 2 aromatic heterocycles. The Labute approximate surface area is 388 Å². The van der Waals surface area contributed by atoms with Gasteiger partial charge in [-0.2, -0.15) is 0 Å². The number of rotatable bonds is 6. The van der Waals surface area contributed by atoms with E-state index in [-0.39, 0.29) is 5.19 Å². The predicted octanol–water partition coefficient (Wildman–Crippen LogP) is 11.6. The van der Waals surface area contributed by atoms with Gasteiger partial charge in [0.2, 0.25) is 0 Å². The lowest BCUT2D eigenvalue weighted by atomic mass is 9.63. The van der Waals surface area contributed by atoms with E-state index in [9.17, 15) is 28.8 Å². The van der Waals surface area contributed by atoms with Crippen LogP contribution < -0.4 is 20.7 Å². The number of aromatic nitrogens is 2. The fourth-order valence-corrected chi connectivity index (χ4v) is 12.6. The van der Waals surface area contributed by atoms with Gasteiger partial charge < -0.3 is 9.13 Å². The lowest BCUT2D eigenvalue weighted by Gasteiger charge is -2.43. The first kappa shape index (κ1) is 16.7. The molecule has 2 heterocycles. The highest BCUT2D eigenvalue weighted by Crippen LogP contribution is 2.46. The zero-order valence-electron chi connectivity index (χ0n) is 61.0. The molecule has 2 nitrogen and oxygen atoms in total. The third-order valence-electron chi connectivity index (χ3n) is 11.7. The van der Waals surface area contributed by atoms with E-state index in [1.54, 1.807) is 12.1 Å². The molecule has 286 valence electrons. The van der Waals surface area contributed by atoms with Gasteiger partial charge in [-0.25, -0.2) is 0 Å². The van der Waals surface area contributed by atoms with Crippen molar-refractivity contribution in [1.82, 2.24) is 9.13 Å². The standard InChI is InChI=1S/C56H48N2Si/c1-55(2)35-36-56(3,4)49-38-43(33-34-48(49)55)59(40-20-7-5-8-21-40,41-22-9-6-10-23-41)42-24-17-19-39(37-42)57-50-29-14-13-27-46(50)47-28-18-32-53(54(47)57)58-51-30-15-11-25-44(51)45-26-12-16-31-52(45)58/h5-34,37-38H,35-36H2,1-4H3/i5D,6D,7D,8D,9D,10D,11D,12D,13D,14D,15D,16D,17D,18D,19D,20D,21D,22D,23D,24D,25D,26D,27D,28D,29D,30D,31D,32D,37D. The van der Waals surface area contributed by atoms with E-state index in [1.165, 1.54) is 6.07 Å². The average molecular weight is 806 g/mol. The minimum absolute atomic E-state index is 0.154. The van der Waals surface area contributed by atoms with Crippen molar-refractivity contribution >= 4 is 72.4 Å². The molecule has 0 aliphatic heterocycles. The fraction of sp³-hybridized carbons (Fsp3) is 0.143. The van der Waals surface area contributed by atoms with Gasteiger partial charge in [0.1, 0.15) is 0 Å². The summed E-state index contributed by atoms with van der Waals surface area (Å²) in [5, 5.41) is -5.03. The van der Waals surface area contributed by atoms with Gasteiger partial charge in [-0.15, -0.1) is 0 Å². The van der Waals surface area contributed by atoms with Gasteiger partial charge in [-0.05, 0) is 91.8 Å². The molecule has 11 rings (SSSR count). The smallest absolute Gasteiger partial charge is 0.179 e. The van der Waals surface area contributed by atoms with Crippen LogP contribution in [-0.2, 0) is 10.8 Å². The molecular weight excluding hydrogens is 729 g/mol. The summed E-state index contributed by atoms with van der Waals surface area (Å²) >= 11 is 0. The van der Waals surface area contributed by atoms with Gasteiger partial charge in [0.25, 0.3) is 0 Å². The molecule has 0 fully saturated rings. The van der Waals surface area contributed by atoms with Gasteiger partial charge in [-0.3, -0.25) is 0 Å². The zero-order chi connectivity index (χ0) is 65.2. The SMILES string of the molecule is [2H]c1c([2H])c([2H])c([Si](c2ccc3c(c2)C(C)(C)CCC3(C)C)(c2c([2H])c([2H])c([2H])c([2H])c2[2H])c2c([2H])c([2H])c([2H])c(-n3c4c([2H])c([2H])c([2H])c([2H])c4c4c([2H])c([2H])c([2H])c(-n5c6c([2H])c([2H])c([2H])c([2H])c6c6c([2H])c([2H])c([2H])c([2H])c65)c43)c2[2H])c([2H])c1[2H]. The maximum atomic E-state index is 10.9. The monoisotopic (exact) mass is 806 g/mol. The summed E-state index contributed by atoms with van der Waals surface area (Å²) in [6, 6.07) is -24.1. The Morgan fingerprint density at radius 3 is 1.53 bits per heavy atom. The molecule has 0 atom stereocenters. The van der Waals surface area contributed by atoms with Crippen molar-refractivity contribution in [3.8, 4) is 11.4 Å². The Bertz CT molecular complexity index is 4720. The summed E-state index contributed by atoms with van der Waals surface area (Å²) in [4.78, 5) is 0. The molecule has 0 amide bonds. The second-order valence-electron chi connectivity index (χ2n) is 15.8. The number of hydrogen-bond acceptors (Lipinski definition) is 0. The highest BCUT2D eigenvalue weighted by Gasteiger charge is 2.44. The number of benzene rings is 8. The van der Waals surface area contributed by atoms with Crippen molar-refractivity contribution in [2.75, 3.05) is 0 Å². The van der Waals surface area contributed by atoms with E-state index in [4.69, 9.17) is 11.0 Å². The van der Waals surface area contributed by atoms with E-state index in [0.29, 0.717) is 18.4 Å². The van der Waals surface area contributed by atoms with Crippen LogP contribution in [0.2, 0.25) is 0 Å². The highest BCUT2D eigenvalue weighted by atomic mass is 28.3. The second kappa shape index (κ2) is 13.3. The first-order valence-electron chi connectivity index (χ1n) is 33.3. The van der Waals surface area contributed by atoms with Crippen LogP contribution in [-0.4, -0.2) is 17.2 Å². The molecular formula is C56H48N2Si. The van der Waals surface area contributed by atoms with Crippen LogP contribution in [0.25, 0.3) is 55.0 Å². The van der Waals surface area contributed by atoms with Crippen molar-refractivity contribution in [2.24, 2.45) is 0 Å². The zero-order valence-corrected chi connectivity index (χ0v) is 33.0. The molecule has 0 saturated heterocycles. The van der Waals surface area contributed by atoms with Crippen LogP contribution in [0.3, 0.4) is 0 Å². The molecule has 1 aliphatic carbocycles. The van der Waals surface area contributed by atoms with Crippen LogP contribution in [0, 0.1) is 0 Å². The van der Waals surface area contributed by atoms with Crippen LogP contribution in [0.1, 0.15) is 91.4 Å². The third kappa shape index (κ3) is 5.31. The molecule has 1 aliphatic rings. The van der Waals surface area contributed by atoms with Crippen LogP contribution in [0.15, 0.2) is 193 Å². The summed E-state index contributed by atoms with van der Waals surface area (Å²) in [6.45, 7) is 7.75. The summed E-state index contributed by atoms with van der Waals surface area (Å²) < 4.78 is 275. The van der Waals surface area contributed by atoms with Gasteiger partial charge in [-0.1, -0.05) is 185 Å². The first-order valence-corrected chi connectivity index (χ1v) is 20.8. The highest BCUT2D eigenvalue weighted by molar-refractivity contribution is 7.19. The summed E-state index contributed by atoms with van der Waals surface area (Å²) in [6.07, 6.45) is 1.17. The van der Waals surface area contributed by atoms with Gasteiger partial charge in [0, 0.05) is 27.2 Å². The molecule has 59 heavy (non-hydrogen) atoms. The van der Waals surface area contributed by atoms with E-state index >= 15 is 0 Å². The molecule has 10 aromatic rings. The molecule has 3 heteroatoms. The summed E-state index contributed by atoms with van der Waals surface area (Å²) in [7, 11) is -5.92. The largest absolute Gasteiger partial charge is 0.307 e. The minimum atomic E-state index is -5.92. The summed E-state index contributed by atoms with van der Waals surface area (Å²) in [5.74, 6) is 0. The average Bonchev–Trinajstić information content (AvgIpc) is 1.20. The number of fused-ring (bicyclic) bond motifs is 7. The van der Waals surface area contributed by atoms with Crippen molar-refractivity contribution < 1.29 is 39.8 Å². The molecule has 0 spiro atoms. The predicted molar refractivity (Wildman–Crippen MR) is 254 cm³/mol. The number of nitrogens with zero attached hydrogens (tertiary/aromatic N) is 2. The fourth-order valence-electron chi connectivity index (χ4n) is 8.72. The molecule has 0 unspecified atom stereocenters. The Morgan fingerprint density at radius 2 is 0.915 bits per heavy atom. The number of para-hydroxylation sites is 4. The Balaban J connectivity index is 1.52. The Hall–Kier alpha value is -6.42. The normalized spacial score (nSPS) is 21.8. The molecule has 8 aromatic carbocycles. The maximum Gasteiger partial charge on any atom is 0.179 e. The molecule has 0 N–H and O–H groups in total. The summed E-state index contributed by atoms with van der Waals surface area (Å²) in [5.41, 5.74) is -4.77. The van der Waals surface area contributed by atoms with Crippen molar-refractivity contribution in [2.45, 2.75) is 51.4 Å². The Kier molecular flexibility index (Phi) is 3.76. The van der Waals surface area contributed by atoms with Crippen molar-refractivity contribution in [1.29, 1.82) is 0 Å². The molecule has 0 saturated carbocycles. The second-order valence-corrected chi connectivity index (χ2v) is 19.4. The van der Waals surface area contributed by atoms with Gasteiger partial charge in [0.15, 0.2) is 8.07 Å². The molecule has 0 radical (unpaired) electrons. The van der Waals surface area contributed by atoms with Crippen molar-refractivity contribution in [3.63, 3.8) is 0 Å². The van der Waals surface area contributed by atoms with Crippen molar-refractivity contribution in [3.05, 3.63) is 205 Å². The van der Waals surface area contributed by atoms with Gasteiger partial charge in [0.05, 0.1) is 67.5 Å². The minimum Gasteiger partial charge on any atom is -0.307 e. The quantitative estimate of drug-likeness (QED) is 0.117. The maximum absolute atomic E-state index is 10.9. The van der Waals surface area contributed by atoms with Crippen LogP contribution in [0.5, 0.6) is 0 Å². The number of hydrogen-bond donors (Lipinski definition) is 0. The van der Waals surface area contributed by atoms with E-state index in [2.05, 4.69) is 0 Å². The van der Waals surface area contributed by atoms with E-state index in [0.717, 1.165) is 14.7 Å². The lowest BCUT2D eigenvalue weighted by molar-refractivity contribution is 0.332.